The van der Waals surface area contributed by atoms with E-state index < -0.39 is 0 Å². The normalized spacial score (nSPS) is 15.7. The van der Waals surface area contributed by atoms with E-state index in [-0.39, 0.29) is 5.91 Å². The minimum Gasteiger partial charge on any atom is -0.339 e. The topological polar surface area (TPSA) is 46.3 Å². The molecule has 21 heavy (non-hydrogen) atoms. The Hall–Kier alpha value is -1.79. The smallest absolute Gasteiger partial charge is 0.255 e. The molecule has 2 rings (SSSR count). The van der Waals surface area contributed by atoms with Crippen LogP contribution < -0.4 is 5.73 Å². The summed E-state index contributed by atoms with van der Waals surface area (Å²) in [6.07, 6.45) is 7.24. The molecule has 3 heteroatoms. The standard InChI is InChI=1S/C18H24N2O/c1-20(16-11-4-2-3-5-12-16)18(21)17-13-7-6-9-15(17)10-8-14-19/h6-7,9,13,16H,2-5,11-12,14,19H2,1H3. The molecule has 0 aliphatic heterocycles. The van der Waals surface area contributed by atoms with Crippen LogP contribution in [0.15, 0.2) is 24.3 Å². The van der Waals surface area contributed by atoms with Crippen LogP contribution in [0.3, 0.4) is 0 Å². The van der Waals surface area contributed by atoms with Crippen molar-refractivity contribution in [1.29, 1.82) is 0 Å². The first-order valence-corrected chi connectivity index (χ1v) is 7.79. The highest BCUT2D eigenvalue weighted by Gasteiger charge is 2.23. The van der Waals surface area contributed by atoms with Gasteiger partial charge in [0.1, 0.15) is 0 Å². The number of hydrogen-bond acceptors (Lipinski definition) is 2. The number of benzene rings is 1. The molecule has 1 saturated carbocycles. The number of nitrogens with two attached hydrogens (primary N) is 1. The molecule has 1 aliphatic carbocycles. The van der Waals surface area contributed by atoms with Crippen LogP contribution in [0.5, 0.6) is 0 Å². The van der Waals surface area contributed by atoms with Gasteiger partial charge in [-0.05, 0) is 25.0 Å². The first-order valence-electron chi connectivity index (χ1n) is 7.79. The second-order valence-electron chi connectivity index (χ2n) is 5.61. The van der Waals surface area contributed by atoms with Gasteiger partial charge < -0.3 is 10.6 Å². The molecule has 1 aliphatic rings. The minimum absolute atomic E-state index is 0.0730. The minimum atomic E-state index is 0.0730. The zero-order valence-corrected chi connectivity index (χ0v) is 12.8. The van der Waals surface area contributed by atoms with E-state index in [1.165, 1.54) is 25.7 Å². The van der Waals surface area contributed by atoms with Gasteiger partial charge in [-0.1, -0.05) is 49.7 Å². The molecular weight excluding hydrogens is 260 g/mol. The molecule has 0 atom stereocenters. The van der Waals surface area contributed by atoms with E-state index in [4.69, 9.17) is 5.73 Å². The molecular formula is C18H24N2O. The molecule has 1 aromatic rings. The van der Waals surface area contributed by atoms with Crippen LogP contribution in [0.1, 0.15) is 54.4 Å². The molecule has 1 aromatic carbocycles. The molecule has 0 heterocycles. The molecule has 0 bridgehead atoms. The number of carbonyl (C=O) groups is 1. The van der Waals surface area contributed by atoms with Crippen molar-refractivity contribution in [3.05, 3.63) is 35.4 Å². The van der Waals surface area contributed by atoms with Gasteiger partial charge in [-0.25, -0.2) is 0 Å². The van der Waals surface area contributed by atoms with Crippen molar-refractivity contribution < 1.29 is 4.79 Å². The van der Waals surface area contributed by atoms with Gasteiger partial charge in [0.25, 0.3) is 5.91 Å². The summed E-state index contributed by atoms with van der Waals surface area (Å²) < 4.78 is 0. The number of nitrogens with zero attached hydrogens (tertiary/aromatic N) is 1. The molecule has 2 N–H and O–H groups in total. The van der Waals surface area contributed by atoms with E-state index in [0.717, 1.165) is 18.4 Å². The Morgan fingerprint density at radius 1 is 1.24 bits per heavy atom. The average molecular weight is 284 g/mol. The summed E-state index contributed by atoms with van der Waals surface area (Å²) in [6.45, 7) is 0.307. The monoisotopic (exact) mass is 284 g/mol. The molecule has 1 fully saturated rings. The Morgan fingerprint density at radius 3 is 2.57 bits per heavy atom. The Morgan fingerprint density at radius 2 is 1.90 bits per heavy atom. The summed E-state index contributed by atoms with van der Waals surface area (Å²) in [5.74, 6) is 5.91. The molecule has 3 nitrogen and oxygen atoms in total. The lowest BCUT2D eigenvalue weighted by atomic mass is 10.0. The maximum Gasteiger partial charge on any atom is 0.255 e. The summed E-state index contributed by atoms with van der Waals surface area (Å²) in [6, 6.07) is 7.90. The predicted octanol–water partition coefficient (Wildman–Crippen LogP) is 2.79. The number of hydrogen-bond donors (Lipinski definition) is 1. The Bertz CT molecular complexity index is 534. The zero-order valence-electron chi connectivity index (χ0n) is 12.8. The van der Waals surface area contributed by atoms with E-state index in [2.05, 4.69) is 11.8 Å². The number of amides is 1. The van der Waals surface area contributed by atoms with Crippen molar-refractivity contribution >= 4 is 5.91 Å². The van der Waals surface area contributed by atoms with Crippen LogP contribution in [0, 0.1) is 11.8 Å². The maximum atomic E-state index is 12.8. The third-order valence-electron chi connectivity index (χ3n) is 4.18. The average Bonchev–Trinajstić information content (AvgIpc) is 2.81. The Kier molecular flexibility index (Phi) is 5.83. The number of carbonyl (C=O) groups excluding carboxylic acids is 1. The molecule has 112 valence electrons. The highest BCUT2D eigenvalue weighted by atomic mass is 16.2. The van der Waals surface area contributed by atoms with Gasteiger partial charge in [0, 0.05) is 18.7 Å². The first-order chi connectivity index (χ1) is 10.2. The SMILES string of the molecule is CN(C(=O)c1ccccc1C#CCN)C1CCCCCC1. The fourth-order valence-electron chi connectivity index (χ4n) is 2.93. The highest BCUT2D eigenvalue weighted by Crippen LogP contribution is 2.23. The second-order valence-corrected chi connectivity index (χ2v) is 5.61. The van der Waals surface area contributed by atoms with Gasteiger partial charge in [0.2, 0.25) is 0 Å². The summed E-state index contributed by atoms with van der Waals surface area (Å²) >= 11 is 0. The third kappa shape index (κ3) is 4.09. The van der Waals surface area contributed by atoms with Crippen molar-refractivity contribution in [2.45, 2.75) is 44.6 Å². The first kappa shape index (κ1) is 15.6. The zero-order chi connectivity index (χ0) is 15.1. The van der Waals surface area contributed by atoms with E-state index in [0.29, 0.717) is 18.2 Å². The van der Waals surface area contributed by atoms with E-state index in [1.807, 2.05) is 36.2 Å². The van der Waals surface area contributed by atoms with Gasteiger partial charge >= 0.3 is 0 Å². The fourth-order valence-corrected chi connectivity index (χ4v) is 2.93. The van der Waals surface area contributed by atoms with Crippen LogP contribution in [0.25, 0.3) is 0 Å². The van der Waals surface area contributed by atoms with E-state index in [1.54, 1.807) is 0 Å². The van der Waals surface area contributed by atoms with Crippen molar-refractivity contribution in [3.63, 3.8) is 0 Å². The van der Waals surface area contributed by atoms with Crippen LogP contribution in [-0.4, -0.2) is 30.4 Å². The van der Waals surface area contributed by atoms with E-state index >= 15 is 0 Å². The van der Waals surface area contributed by atoms with Gasteiger partial charge in [0.15, 0.2) is 0 Å². The second kappa shape index (κ2) is 7.85. The third-order valence-corrected chi connectivity index (χ3v) is 4.18. The lowest BCUT2D eigenvalue weighted by Gasteiger charge is -2.27. The predicted molar refractivity (Wildman–Crippen MR) is 86.0 cm³/mol. The Balaban J connectivity index is 2.18. The summed E-state index contributed by atoms with van der Waals surface area (Å²) in [7, 11) is 1.92. The Labute approximate surface area is 127 Å². The lowest BCUT2D eigenvalue weighted by molar-refractivity contribution is 0.0717. The highest BCUT2D eigenvalue weighted by molar-refractivity contribution is 5.96. The quantitative estimate of drug-likeness (QED) is 0.670. The fraction of sp³-hybridized carbons (Fsp3) is 0.500. The van der Waals surface area contributed by atoms with Crippen LogP contribution in [0.4, 0.5) is 0 Å². The van der Waals surface area contributed by atoms with Crippen LogP contribution >= 0.6 is 0 Å². The molecule has 0 unspecified atom stereocenters. The van der Waals surface area contributed by atoms with E-state index in [9.17, 15) is 4.79 Å². The van der Waals surface area contributed by atoms with Crippen LogP contribution in [0.2, 0.25) is 0 Å². The summed E-state index contributed by atoms with van der Waals surface area (Å²) in [5.41, 5.74) is 6.88. The summed E-state index contributed by atoms with van der Waals surface area (Å²) in [4.78, 5) is 14.7. The van der Waals surface area contributed by atoms with Crippen molar-refractivity contribution in [2.24, 2.45) is 5.73 Å². The molecule has 0 aromatic heterocycles. The maximum absolute atomic E-state index is 12.8. The van der Waals surface area contributed by atoms with Crippen LogP contribution in [-0.2, 0) is 0 Å². The van der Waals surface area contributed by atoms with Gasteiger partial charge in [-0.2, -0.15) is 0 Å². The van der Waals surface area contributed by atoms with Crippen molar-refractivity contribution in [1.82, 2.24) is 4.90 Å². The van der Waals surface area contributed by atoms with Gasteiger partial charge in [-0.15, -0.1) is 0 Å². The largest absolute Gasteiger partial charge is 0.339 e. The molecule has 0 spiro atoms. The lowest BCUT2D eigenvalue weighted by Crippen LogP contribution is -2.37. The molecule has 1 amide bonds. The van der Waals surface area contributed by atoms with Gasteiger partial charge in [-0.3, -0.25) is 4.79 Å². The summed E-state index contributed by atoms with van der Waals surface area (Å²) in [5, 5.41) is 0. The van der Waals surface area contributed by atoms with Gasteiger partial charge in [0.05, 0.1) is 12.1 Å². The number of rotatable bonds is 2. The van der Waals surface area contributed by atoms with Crippen molar-refractivity contribution in [3.8, 4) is 11.8 Å². The molecule has 0 radical (unpaired) electrons. The molecule has 0 saturated heterocycles. The van der Waals surface area contributed by atoms with Crippen molar-refractivity contribution in [2.75, 3.05) is 13.6 Å².